The molecular weight excluding hydrogens is 416 g/mol. The number of fused-ring (bicyclic) bond motifs is 3. The summed E-state index contributed by atoms with van der Waals surface area (Å²) in [6.45, 7) is 2.99. The van der Waals surface area contributed by atoms with Crippen molar-refractivity contribution < 1.29 is 9.53 Å². The van der Waals surface area contributed by atoms with Gasteiger partial charge >= 0.3 is 0 Å². The number of benzene rings is 1. The number of hydrogen-bond donors (Lipinski definition) is 3. The van der Waals surface area contributed by atoms with Crippen LogP contribution in [0.3, 0.4) is 0 Å². The lowest BCUT2D eigenvalue weighted by Crippen LogP contribution is -2.31. The topological polar surface area (TPSA) is 115 Å². The van der Waals surface area contributed by atoms with Crippen LogP contribution in [0.5, 0.6) is 5.75 Å². The monoisotopic (exact) mass is 442 g/mol. The maximum absolute atomic E-state index is 13.2. The Balaban J connectivity index is 1.70. The van der Waals surface area contributed by atoms with Crippen molar-refractivity contribution in [3.05, 3.63) is 71.7 Å². The highest BCUT2D eigenvalue weighted by Gasteiger charge is 2.18. The van der Waals surface area contributed by atoms with Gasteiger partial charge in [-0.05, 0) is 55.2 Å². The first kappa shape index (κ1) is 22.1. The molecule has 8 nitrogen and oxygen atoms in total. The Labute approximate surface area is 192 Å². The van der Waals surface area contributed by atoms with Gasteiger partial charge in [-0.15, -0.1) is 0 Å². The van der Waals surface area contributed by atoms with Gasteiger partial charge < -0.3 is 15.0 Å². The van der Waals surface area contributed by atoms with Gasteiger partial charge in [0.2, 0.25) is 0 Å². The smallest absolute Gasteiger partial charge is 0.260 e. The van der Waals surface area contributed by atoms with Crippen LogP contribution >= 0.6 is 0 Å². The number of aromatic nitrogens is 2. The lowest BCUT2D eigenvalue weighted by atomic mass is 10.0. The number of aryl methyl sites for hydroxylation is 1. The normalized spacial score (nSPS) is 14.5. The molecule has 1 aliphatic heterocycles. The molecule has 3 N–H and O–H groups in total. The van der Waals surface area contributed by atoms with E-state index in [9.17, 15) is 4.79 Å². The first-order chi connectivity index (χ1) is 16.1. The van der Waals surface area contributed by atoms with Crippen molar-refractivity contribution in [2.45, 2.75) is 26.2 Å². The molecule has 0 atom stereocenters. The summed E-state index contributed by atoms with van der Waals surface area (Å²) in [5.41, 5.74) is 3.60. The van der Waals surface area contributed by atoms with Gasteiger partial charge in [0.15, 0.2) is 5.84 Å². The first-order valence-electron chi connectivity index (χ1n) is 11.0. The zero-order valence-electron chi connectivity index (χ0n) is 18.5. The molecule has 1 aliphatic rings. The van der Waals surface area contributed by atoms with Gasteiger partial charge in [0.1, 0.15) is 17.3 Å². The minimum Gasteiger partial charge on any atom is -0.493 e. The van der Waals surface area contributed by atoms with Gasteiger partial charge in [-0.3, -0.25) is 20.6 Å². The van der Waals surface area contributed by atoms with E-state index in [1.807, 2.05) is 36.5 Å². The number of amidine groups is 1. The van der Waals surface area contributed by atoms with E-state index in [1.54, 1.807) is 18.2 Å². The van der Waals surface area contributed by atoms with Crippen LogP contribution in [0.15, 0.2) is 54.7 Å². The van der Waals surface area contributed by atoms with Crippen LogP contribution in [0.4, 0.5) is 5.82 Å². The summed E-state index contributed by atoms with van der Waals surface area (Å²) in [4.78, 5) is 23.6. The summed E-state index contributed by atoms with van der Waals surface area (Å²) >= 11 is 0. The molecule has 0 saturated heterocycles. The lowest BCUT2D eigenvalue weighted by Gasteiger charge is -2.20. The molecule has 0 saturated carbocycles. The fourth-order valence-corrected chi connectivity index (χ4v) is 3.59. The molecule has 3 heterocycles. The highest BCUT2D eigenvalue weighted by Crippen LogP contribution is 2.28. The maximum Gasteiger partial charge on any atom is 0.260 e. The van der Waals surface area contributed by atoms with E-state index in [4.69, 9.17) is 15.6 Å². The predicted octanol–water partition coefficient (Wildman–Crippen LogP) is 4.37. The molecular formula is C25H26N6O2. The minimum atomic E-state index is -0.345. The first-order valence-corrected chi connectivity index (χ1v) is 11.0. The average molecular weight is 443 g/mol. The Morgan fingerprint density at radius 1 is 1.15 bits per heavy atom. The Morgan fingerprint density at radius 2 is 2.00 bits per heavy atom. The molecule has 2 bridgehead atoms. The molecule has 33 heavy (non-hydrogen) atoms. The molecule has 1 amide bonds. The fraction of sp³-hybridized carbons (Fsp3) is 0.240. The van der Waals surface area contributed by atoms with E-state index >= 15 is 0 Å². The third kappa shape index (κ3) is 5.06. The number of rotatable bonds is 3. The van der Waals surface area contributed by atoms with Gasteiger partial charge in [0, 0.05) is 24.0 Å². The van der Waals surface area contributed by atoms with E-state index in [0.29, 0.717) is 36.0 Å². The second-order valence-electron chi connectivity index (χ2n) is 7.69. The van der Waals surface area contributed by atoms with Gasteiger partial charge in [-0.1, -0.05) is 25.1 Å². The zero-order chi connectivity index (χ0) is 23.2. The van der Waals surface area contributed by atoms with Crippen LogP contribution in [-0.2, 0) is 6.42 Å². The Bertz CT molecular complexity index is 1180. The van der Waals surface area contributed by atoms with Crippen molar-refractivity contribution >= 4 is 23.9 Å². The standard InChI is InChI=1S/C25H26N6O2/c1-2-19-10-8-18(15-28-19)17-9-11-22-20(14-17)25(32)30-23-7-5-6-21(29-23)24(27)31(16-26)12-3-4-13-33-22/h5-11,14-16,26-27H,2-4,12-13H2,1H3,(H,29,30,32). The van der Waals surface area contributed by atoms with Crippen LogP contribution in [0.25, 0.3) is 11.1 Å². The third-order valence-electron chi connectivity index (χ3n) is 5.47. The van der Waals surface area contributed by atoms with E-state index < -0.39 is 0 Å². The summed E-state index contributed by atoms with van der Waals surface area (Å²) in [5, 5.41) is 18.9. The van der Waals surface area contributed by atoms with Crippen LogP contribution in [-0.4, -0.2) is 46.1 Å². The number of pyridine rings is 2. The van der Waals surface area contributed by atoms with Gasteiger partial charge in [0.05, 0.1) is 18.5 Å². The summed E-state index contributed by atoms with van der Waals surface area (Å²) in [6, 6.07) is 14.6. The number of carbonyl (C=O) groups excluding carboxylic acids is 1. The number of carbonyl (C=O) groups is 1. The number of nitrogens with zero attached hydrogens (tertiary/aromatic N) is 3. The van der Waals surface area contributed by atoms with Crippen molar-refractivity contribution in [2.24, 2.45) is 0 Å². The quantitative estimate of drug-likeness (QED) is 0.412. The Morgan fingerprint density at radius 3 is 2.76 bits per heavy atom. The van der Waals surface area contributed by atoms with Crippen molar-refractivity contribution in [2.75, 3.05) is 18.5 Å². The summed E-state index contributed by atoms with van der Waals surface area (Å²) in [6.07, 6.45) is 5.25. The lowest BCUT2D eigenvalue weighted by molar-refractivity contribution is 0.102. The Hall–Kier alpha value is -4.07. The molecule has 168 valence electrons. The van der Waals surface area contributed by atoms with E-state index in [0.717, 1.165) is 42.4 Å². The molecule has 2 aromatic heterocycles. The number of hydrogen-bond acceptors (Lipinski definition) is 6. The third-order valence-corrected chi connectivity index (χ3v) is 5.47. The van der Waals surface area contributed by atoms with E-state index in [1.165, 1.54) is 4.90 Å². The molecule has 4 rings (SSSR count). The minimum absolute atomic E-state index is 0.116. The summed E-state index contributed by atoms with van der Waals surface area (Å²) < 4.78 is 5.95. The highest BCUT2D eigenvalue weighted by molar-refractivity contribution is 6.07. The number of anilines is 1. The van der Waals surface area contributed by atoms with Crippen LogP contribution in [0.1, 0.15) is 41.5 Å². The molecule has 1 aromatic carbocycles. The Kier molecular flexibility index (Phi) is 6.73. The van der Waals surface area contributed by atoms with Crippen molar-refractivity contribution in [3.8, 4) is 16.9 Å². The van der Waals surface area contributed by atoms with Crippen molar-refractivity contribution in [1.29, 1.82) is 10.8 Å². The highest BCUT2D eigenvalue weighted by atomic mass is 16.5. The van der Waals surface area contributed by atoms with Crippen molar-refractivity contribution in [3.63, 3.8) is 0 Å². The maximum atomic E-state index is 13.2. The average Bonchev–Trinajstić information content (AvgIpc) is 2.85. The van der Waals surface area contributed by atoms with E-state index in [2.05, 4.69) is 22.2 Å². The zero-order valence-corrected chi connectivity index (χ0v) is 18.5. The molecule has 8 heteroatoms. The number of ether oxygens (including phenoxy) is 1. The van der Waals surface area contributed by atoms with Crippen molar-refractivity contribution in [1.82, 2.24) is 14.9 Å². The number of nitrogens with one attached hydrogen (secondary N) is 3. The largest absolute Gasteiger partial charge is 0.493 e. The van der Waals surface area contributed by atoms with E-state index in [-0.39, 0.29) is 11.7 Å². The van der Waals surface area contributed by atoms with Gasteiger partial charge in [-0.25, -0.2) is 4.98 Å². The predicted molar refractivity (Wildman–Crippen MR) is 128 cm³/mol. The second kappa shape index (κ2) is 10.0. The summed E-state index contributed by atoms with van der Waals surface area (Å²) in [7, 11) is 0. The molecule has 0 spiro atoms. The van der Waals surface area contributed by atoms with Crippen LogP contribution in [0.2, 0.25) is 0 Å². The molecule has 0 aliphatic carbocycles. The van der Waals surface area contributed by atoms with Gasteiger partial charge in [-0.2, -0.15) is 0 Å². The molecule has 0 fully saturated rings. The second-order valence-corrected chi connectivity index (χ2v) is 7.69. The summed E-state index contributed by atoms with van der Waals surface area (Å²) in [5.74, 6) is 0.598. The van der Waals surface area contributed by atoms with Crippen LogP contribution < -0.4 is 10.1 Å². The molecule has 3 aromatic rings. The molecule has 0 unspecified atom stereocenters. The SMILES string of the molecule is CCc1ccc(-c2ccc3c(c2)C(=O)Nc2cccc(n2)C(=N)N(C=N)CCCCO3)cn1. The number of amides is 1. The fourth-order valence-electron chi connectivity index (χ4n) is 3.59. The van der Waals surface area contributed by atoms with Crippen LogP contribution in [0, 0.1) is 10.8 Å². The van der Waals surface area contributed by atoms with Gasteiger partial charge in [0.25, 0.3) is 5.91 Å². The molecule has 0 radical (unpaired) electrons.